The predicted octanol–water partition coefficient (Wildman–Crippen LogP) is 5.97. The van der Waals surface area contributed by atoms with E-state index >= 15 is 0 Å². The van der Waals surface area contributed by atoms with Crippen molar-refractivity contribution in [3.8, 4) is 11.1 Å². The van der Waals surface area contributed by atoms with Crippen LogP contribution in [0.4, 0.5) is 4.39 Å². The second-order valence-corrected chi connectivity index (χ2v) is 10.3. The molecule has 6 heteroatoms. The molecule has 1 aromatic heterocycles. The largest absolute Gasteiger partial charge is 0.481 e. The van der Waals surface area contributed by atoms with Crippen molar-refractivity contribution in [1.29, 1.82) is 0 Å². The SMILES string of the molecule is CC(CC(=O)N1CCCC2C(C(=O)O)CCCC21)c1cn(C)c2cccc(-c3cccc(F)c3)c12. The van der Waals surface area contributed by atoms with E-state index in [2.05, 4.69) is 23.8 Å². The lowest BCUT2D eigenvalue weighted by Crippen LogP contribution is -2.53. The van der Waals surface area contributed by atoms with Crippen LogP contribution >= 0.6 is 0 Å². The molecule has 0 spiro atoms. The van der Waals surface area contributed by atoms with Crippen LogP contribution in [0.5, 0.6) is 0 Å². The number of amides is 1. The number of fused-ring (bicyclic) bond motifs is 2. The van der Waals surface area contributed by atoms with Crippen molar-refractivity contribution in [3.05, 3.63) is 60.0 Å². The summed E-state index contributed by atoms with van der Waals surface area (Å²) in [6.07, 6.45) is 6.69. The Morgan fingerprint density at radius 2 is 1.91 bits per heavy atom. The van der Waals surface area contributed by atoms with Gasteiger partial charge in [-0.15, -0.1) is 0 Å². The van der Waals surface area contributed by atoms with Crippen molar-refractivity contribution in [1.82, 2.24) is 9.47 Å². The highest BCUT2D eigenvalue weighted by atomic mass is 19.1. The van der Waals surface area contributed by atoms with Gasteiger partial charge in [-0.1, -0.05) is 37.6 Å². The van der Waals surface area contributed by atoms with Crippen molar-refractivity contribution in [3.63, 3.8) is 0 Å². The van der Waals surface area contributed by atoms with Crippen LogP contribution in [-0.2, 0) is 16.6 Å². The highest BCUT2D eigenvalue weighted by Crippen LogP contribution is 2.41. The minimum atomic E-state index is -0.719. The number of aliphatic carboxylic acids is 1. The molecule has 2 aromatic carbocycles. The Morgan fingerprint density at radius 1 is 1.11 bits per heavy atom. The maximum absolute atomic E-state index is 14.0. The highest BCUT2D eigenvalue weighted by Gasteiger charge is 2.43. The molecule has 5 rings (SSSR count). The van der Waals surface area contributed by atoms with Crippen LogP contribution in [0.1, 0.15) is 56.9 Å². The molecule has 1 aliphatic heterocycles. The maximum atomic E-state index is 14.0. The van der Waals surface area contributed by atoms with Gasteiger partial charge in [0.2, 0.25) is 5.91 Å². The number of piperidine rings is 1. The standard InChI is InChI=1S/C29H33FN2O3/c1-18(15-27(33)32-14-6-11-22-23(29(34)35)10-5-12-25(22)32)24-17-31(2)26-13-4-9-21(28(24)26)19-7-3-8-20(30)16-19/h3-4,7-9,13,16-18,22-23,25H,5-6,10-12,14-15H2,1-2H3,(H,34,35). The van der Waals surface area contributed by atoms with Gasteiger partial charge in [-0.2, -0.15) is 0 Å². The summed E-state index contributed by atoms with van der Waals surface area (Å²) in [5, 5.41) is 10.8. The number of aromatic nitrogens is 1. The number of carboxylic acid groups (broad SMARTS) is 1. The number of halogens is 1. The monoisotopic (exact) mass is 476 g/mol. The summed E-state index contributed by atoms with van der Waals surface area (Å²) in [5.74, 6) is -1.19. The summed E-state index contributed by atoms with van der Waals surface area (Å²) in [4.78, 5) is 27.4. The molecule has 35 heavy (non-hydrogen) atoms. The third-order valence-corrected chi connectivity index (χ3v) is 8.19. The quantitative estimate of drug-likeness (QED) is 0.493. The van der Waals surface area contributed by atoms with Crippen molar-refractivity contribution in [2.45, 2.75) is 57.4 Å². The number of rotatable bonds is 5. The van der Waals surface area contributed by atoms with Gasteiger partial charge >= 0.3 is 5.97 Å². The second kappa shape index (κ2) is 9.48. The second-order valence-electron chi connectivity index (χ2n) is 10.3. The number of carboxylic acids is 1. The van der Waals surface area contributed by atoms with Gasteiger partial charge < -0.3 is 14.6 Å². The van der Waals surface area contributed by atoms with E-state index in [1.807, 2.05) is 30.1 Å². The van der Waals surface area contributed by atoms with Crippen LogP contribution in [0, 0.1) is 17.7 Å². The molecule has 0 radical (unpaired) electrons. The zero-order valence-electron chi connectivity index (χ0n) is 20.4. The molecule has 1 N–H and O–H groups in total. The summed E-state index contributed by atoms with van der Waals surface area (Å²) >= 11 is 0. The normalized spacial score (nSPS) is 23.2. The Morgan fingerprint density at radius 3 is 2.69 bits per heavy atom. The lowest BCUT2D eigenvalue weighted by Gasteiger charge is -2.46. The Balaban J connectivity index is 1.43. The highest BCUT2D eigenvalue weighted by molar-refractivity contribution is 5.98. The van der Waals surface area contributed by atoms with Crippen LogP contribution in [0.2, 0.25) is 0 Å². The van der Waals surface area contributed by atoms with Gasteiger partial charge in [0.05, 0.1) is 5.92 Å². The first-order valence-electron chi connectivity index (χ1n) is 12.7. The molecule has 2 fully saturated rings. The molecule has 1 aliphatic carbocycles. The molecule has 1 amide bonds. The molecule has 1 saturated carbocycles. The van der Waals surface area contributed by atoms with Crippen molar-refractivity contribution >= 4 is 22.8 Å². The van der Waals surface area contributed by atoms with Crippen molar-refractivity contribution in [2.24, 2.45) is 18.9 Å². The van der Waals surface area contributed by atoms with Crippen LogP contribution in [-0.4, -0.2) is 39.0 Å². The molecule has 2 aliphatic rings. The van der Waals surface area contributed by atoms with Gasteiger partial charge in [-0.3, -0.25) is 9.59 Å². The average Bonchev–Trinajstić information content (AvgIpc) is 3.20. The Kier molecular flexibility index (Phi) is 6.39. The van der Waals surface area contributed by atoms with E-state index in [4.69, 9.17) is 0 Å². The van der Waals surface area contributed by atoms with E-state index in [0.717, 1.165) is 53.3 Å². The van der Waals surface area contributed by atoms with Crippen LogP contribution in [0.25, 0.3) is 22.0 Å². The fourth-order valence-electron chi connectivity index (χ4n) is 6.54. The Hall–Kier alpha value is -3.15. The molecule has 5 nitrogen and oxygen atoms in total. The fourth-order valence-corrected chi connectivity index (χ4v) is 6.54. The van der Waals surface area contributed by atoms with Gasteiger partial charge in [0, 0.05) is 43.2 Å². The zero-order chi connectivity index (χ0) is 24.7. The maximum Gasteiger partial charge on any atom is 0.306 e. The number of aryl methyl sites for hydroxylation is 1. The smallest absolute Gasteiger partial charge is 0.306 e. The van der Waals surface area contributed by atoms with Gasteiger partial charge in [0.15, 0.2) is 0 Å². The molecule has 2 heterocycles. The van der Waals surface area contributed by atoms with E-state index in [1.165, 1.54) is 6.07 Å². The minimum absolute atomic E-state index is 0.0276. The molecule has 0 bridgehead atoms. The van der Waals surface area contributed by atoms with E-state index in [9.17, 15) is 19.1 Å². The number of carbonyl (C=O) groups excluding carboxylic acids is 1. The number of benzene rings is 2. The van der Waals surface area contributed by atoms with Crippen LogP contribution in [0.3, 0.4) is 0 Å². The van der Waals surface area contributed by atoms with E-state index in [-0.39, 0.29) is 35.5 Å². The summed E-state index contributed by atoms with van der Waals surface area (Å²) in [5.41, 5.74) is 3.92. The molecule has 184 valence electrons. The van der Waals surface area contributed by atoms with Crippen LogP contribution in [0.15, 0.2) is 48.7 Å². The third kappa shape index (κ3) is 4.35. The minimum Gasteiger partial charge on any atom is -0.481 e. The molecule has 4 atom stereocenters. The van der Waals surface area contributed by atoms with Gasteiger partial charge in [0.1, 0.15) is 5.82 Å². The number of nitrogens with zero attached hydrogens (tertiary/aromatic N) is 2. The summed E-state index contributed by atoms with van der Waals surface area (Å²) in [6, 6.07) is 12.7. The summed E-state index contributed by atoms with van der Waals surface area (Å²) < 4.78 is 16.1. The molecular weight excluding hydrogens is 443 g/mol. The average molecular weight is 477 g/mol. The van der Waals surface area contributed by atoms with Gasteiger partial charge in [-0.25, -0.2) is 4.39 Å². The first kappa shape index (κ1) is 23.6. The number of hydrogen-bond donors (Lipinski definition) is 1. The predicted molar refractivity (Wildman–Crippen MR) is 135 cm³/mol. The first-order chi connectivity index (χ1) is 16.8. The zero-order valence-corrected chi connectivity index (χ0v) is 20.4. The molecular formula is C29H33FN2O3. The number of likely N-dealkylation sites (tertiary alicyclic amines) is 1. The lowest BCUT2D eigenvalue weighted by atomic mass is 9.71. The lowest BCUT2D eigenvalue weighted by molar-refractivity contribution is -0.152. The van der Waals surface area contributed by atoms with E-state index in [1.54, 1.807) is 12.1 Å². The van der Waals surface area contributed by atoms with E-state index in [0.29, 0.717) is 19.4 Å². The third-order valence-electron chi connectivity index (χ3n) is 8.19. The molecule has 3 aromatic rings. The first-order valence-corrected chi connectivity index (χ1v) is 12.7. The Bertz CT molecular complexity index is 1270. The van der Waals surface area contributed by atoms with Gasteiger partial charge in [0.25, 0.3) is 0 Å². The summed E-state index contributed by atoms with van der Waals surface area (Å²) in [7, 11) is 2.00. The van der Waals surface area contributed by atoms with Crippen molar-refractivity contribution in [2.75, 3.05) is 6.54 Å². The van der Waals surface area contributed by atoms with Crippen LogP contribution < -0.4 is 0 Å². The van der Waals surface area contributed by atoms with E-state index < -0.39 is 5.97 Å². The number of hydrogen-bond acceptors (Lipinski definition) is 2. The molecule has 1 saturated heterocycles. The Labute approximate surface area is 205 Å². The van der Waals surface area contributed by atoms with Crippen molar-refractivity contribution < 1.29 is 19.1 Å². The van der Waals surface area contributed by atoms with Gasteiger partial charge in [-0.05, 0) is 72.4 Å². The topological polar surface area (TPSA) is 62.5 Å². The summed E-state index contributed by atoms with van der Waals surface area (Å²) in [6.45, 7) is 2.79. The number of carbonyl (C=O) groups is 2. The fraction of sp³-hybridized carbons (Fsp3) is 0.448. The molecule has 4 unspecified atom stereocenters.